The van der Waals surface area contributed by atoms with E-state index in [1.54, 1.807) is 12.1 Å². The summed E-state index contributed by atoms with van der Waals surface area (Å²) in [5, 5.41) is 2.54. The molecule has 0 radical (unpaired) electrons. The third kappa shape index (κ3) is 2.05. The van der Waals surface area contributed by atoms with Crippen molar-refractivity contribution in [2.75, 3.05) is 0 Å². The van der Waals surface area contributed by atoms with Gasteiger partial charge in [-0.1, -0.05) is 41.7 Å². The Morgan fingerprint density at radius 2 is 1.80 bits per heavy atom. The van der Waals surface area contributed by atoms with E-state index in [4.69, 9.17) is 34.8 Å². The maximum atomic E-state index is 6.13. The first-order valence-corrected chi connectivity index (χ1v) is 5.69. The summed E-state index contributed by atoms with van der Waals surface area (Å²) in [4.78, 5) is 4.42. The zero-order valence-electron chi connectivity index (χ0n) is 8.02. The summed E-state index contributed by atoms with van der Waals surface area (Å²) in [5.74, 6) is 0. The maximum Gasteiger partial charge on any atom is 0.0907 e. The molecule has 4 heteroatoms. The summed E-state index contributed by atoms with van der Waals surface area (Å²) in [6, 6.07) is 5.29. The summed E-state index contributed by atoms with van der Waals surface area (Å²) in [6.45, 7) is 2.02. The van der Waals surface area contributed by atoms with Crippen molar-refractivity contribution < 1.29 is 0 Å². The Kier molecular flexibility index (Phi) is 3.06. The molecule has 0 amide bonds. The predicted molar refractivity (Wildman–Crippen MR) is 66.2 cm³/mol. The molecular formula is C11H8Cl3N. The monoisotopic (exact) mass is 259 g/mol. The smallest absolute Gasteiger partial charge is 0.0907 e. The molecule has 1 aromatic heterocycles. The molecule has 0 fully saturated rings. The van der Waals surface area contributed by atoms with Gasteiger partial charge in [-0.3, -0.25) is 4.98 Å². The Morgan fingerprint density at radius 3 is 2.47 bits per heavy atom. The van der Waals surface area contributed by atoms with Crippen molar-refractivity contribution in [2.45, 2.75) is 13.3 Å². The fourth-order valence-electron chi connectivity index (χ4n) is 1.44. The van der Waals surface area contributed by atoms with Crippen LogP contribution in [0.4, 0.5) is 0 Å². The molecular weight excluding hydrogens is 252 g/mol. The van der Waals surface area contributed by atoms with Gasteiger partial charge in [0, 0.05) is 16.1 Å². The van der Waals surface area contributed by atoms with Crippen molar-refractivity contribution in [3.63, 3.8) is 0 Å². The van der Waals surface area contributed by atoms with Gasteiger partial charge in [0.15, 0.2) is 0 Å². The van der Waals surface area contributed by atoms with E-state index < -0.39 is 0 Å². The van der Waals surface area contributed by atoms with Crippen molar-refractivity contribution in [3.05, 3.63) is 39.0 Å². The van der Waals surface area contributed by atoms with Crippen molar-refractivity contribution in [3.8, 4) is 0 Å². The molecule has 2 aromatic rings. The third-order valence-electron chi connectivity index (χ3n) is 2.20. The molecule has 1 aromatic carbocycles. The van der Waals surface area contributed by atoms with Gasteiger partial charge in [-0.15, -0.1) is 0 Å². The van der Waals surface area contributed by atoms with E-state index in [2.05, 4.69) is 4.98 Å². The van der Waals surface area contributed by atoms with Gasteiger partial charge in [-0.05, 0) is 24.6 Å². The van der Waals surface area contributed by atoms with Crippen LogP contribution in [0, 0.1) is 0 Å². The maximum absolute atomic E-state index is 6.13. The number of rotatable bonds is 1. The number of halogens is 3. The van der Waals surface area contributed by atoms with Crippen molar-refractivity contribution in [1.82, 2.24) is 4.98 Å². The van der Waals surface area contributed by atoms with Crippen LogP contribution in [0.3, 0.4) is 0 Å². The molecule has 78 valence electrons. The van der Waals surface area contributed by atoms with Gasteiger partial charge in [-0.25, -0.2) is 0 Å². The number of aromatic nitrogens is 1. The number of hydrogen-bond acceptors (Lipinski definition) is 1. The number of hydrogen-bond donors (Lipinski definition) is 0. The minimum atomic E-state index is 0.537. The van der Waals surface area contributed by atoms with Crippen LogP contribution in [-0.4, -0.2) is 4.98 Å². The first-order valence-electron chi connectivity index (χ1n) is 4.56. The molecule has 0 atom stereocenters. The summed E-state index contributed by atoms with van der Waals surface area (Å²) >= 11 is 18.1. The summed E-state index contributed by atoms with van der Waals surface area (Å²) < 4.78 is 0. The van der Waals surface area contributed by atoms with Gasteiger partial charge in [0.2, 0.25) is 0 Å². The highest BCUT2D eigenvalue weighted by atomic mass is 35.5. The minimum absolute atomic E-state index is 0.537. The highest BCUT2D eigenvalue weighted by Crippen LogP contribution is 2.31. The summed E-state index contributed by atoms with van der Waals surface area (Å²) in [6.07, 6.45) is 0.828. The lowest BCUT2D eigenvalue weighted by atomic mass is 10.2. The molecule has 0 aliphatic carbocycles. The standard InChI is InChI=1S/C11H8Cl3N/c1-2-7-5-9(13)8-3-6(12)4-10(14)11(8)15-7/h3-5H,2H2,1H3. The van der Waals surface area contributed by atoms with E-state index in [1.807, 2.05) is 13.0 Å². The molecule has 1 heterocycles. The molecule has 1 nitrogen and oxygen atoms in total. The van der Waals surface area contributed by atoms with Crippen LogP contribution < -0.4 is 0 Å². The third-order valence-corrected chi connectivity index (χ3v) is 3.02. The van der Waals surface area contributed by atoms with Crippen LogP contribution in [0.5, 0.6) is 0 Å². The molecule has 0 saturated heterocycles. The fraction of sp³-hybridized carbons (Fsp3) is 0.182. The average Bonchev–Trinajstić information content (AvgIpc) is 2.19. The van der Waals surface area contributed by atoms with Gasteiger partial charge in [-0.2, -0.15) is 0 Å². The first-order chi connectivity index (χ1) is 7.11. The molecule has 0 spiro atoms. The van der Waals surface area contributed by atoms with E-state index >= 15 is 0 Å². The Bertz CT molecular complexity index is 523. The van der Waals surface area contributed by atoms with Crippen molar-refractivity contribution in [2.24, 2.45) is 0 Å². The number of fused-ring (bicyclic) bond motifs is 1. The zero-order valence-corrected chi connectivity index (χ0v) is 10.3. The molecule has 0 aliphatic rings. The lowest BCUT2D eigenvalue weighted by Gasteiger charge is -2.05. The Hall–Kier alpha value is -0.500. The van der Waals surface area contributed by atoms with E-state index in [9.17, 15) is 0 Å². The molecule has 0 aliphatic heterocycles. The Morgan fingerprint density at radius 1 is 1.07 bits per heavy atom. The second-order valence-corrected chi connectivity index (χ2v) is 4.48. The lowest BCUT2D eigenvalue weighted by Crippen LogP contribution is -1.89. The predicted octanol–water partition coefficient (Wildman–Crippen LogP) is 4.76. The van der Waals surface area contributed by atoms with Gasteiger partial charge >= 0.3 is 0 Å². The molecule has 0 unspecified atom stereocenters. The van der Waals surface area contributed by atoms with Crippen LogP contribution in [0.15, 0.2) is 18.2 Å². The topological polar surface area (TPSA) is 12.9 Å². The quantitative estimate of drug-likeness (QED) is 0.720. The van der Waals surface area contributed by atoms with Crippen LogP contribution in [0.1, 0.15) is 12.6 Å². The molecule has 2 rings (SSSR count). The number of pyridine rings is 1. The van der Waals surface area contributed by atoms with E-state index in [0.29, 0.717) is 20.6 Å². The summed E-state index contributed by atoms with van der Waals surface area (Å²) in [5.41, 5.74) is 1.64. The zero-order chi connectivity index (χ0) is 11.0. The average molecular weight is 261 g/mol. The van der Waals surface area contributed by atoms with Crippen molar-refractivity contribution in [1.29, 1.82) is 0 Å². The number of aryl methyl sites for hydroxylation is 1. The Labute approximate surface area is 103 Å². The van der Waals surface area contributed by atoms with Crippen LogP contribution in [-0.2, 0) is 6.42 Å². The van der Waals surface area contributed by atoms with Gasteiger partial charge < -0.3 is 0 Å². The Balaban J connectivity index is 2.85. The van der Waals surface area contributed by atoms with E-state index in [-0.39, 0.29) is 0 Å². The second-order valence-electron chi connectivity index (χ2n) is 3.23. The minimum Gasteiger partial charge on any atom is -0.251 e. The van der Waals surface area contributed by atoms with E-state index in [0.717, 1.165) is 17.5 Å². The fourth-order valence-corrected chi connectivity index (χ4v) is 2.25. The highest BCUT2D eigenvalue weighted by Gasteiger charge is 2.08. The first kappa shape index (κ1) is 11.0. The summed E-state index contributed by atoms with van der Waals surface area (Å²) in [7, 11) is 0. The van der Waals surface area contributed by atoms with E-state index in [1.165, 1.54) is 0 Å². The second kappa shape index (κ2) is 4.17. The van der Waals surface area contributed by atoms with Crippen LogP contribution in [0.25, 0.3) is 10.9 Å². The van der Waals surface area contributed by atoms with Crippen molar-refractivity contribution >= 4 is 45.7 Å². The lowest BCUT2D eigenvalue weighted by molar-refractivity contribution is 1.06. The number of nitrogens with zero attached hydrogens (tertiary/aromatic N) is 1. The van der Waals surface area contributed by atoms with Gasteiger partial charge in [0.1, 0.15) is 0 Å². The molecule has 15 heavy (non-hydrogen) atoms. The highest BCUT2D eigenvalue weighted by molar-refractivity contribution is 6.41. The van der Waals surface area contributed by atoms with Gasteiger partial charge in [0.05, 0.1) is 15.6 Å². The molecule has 0 saturated carbocycles. The SMILES string of the molecule is CCc1cc(Cl)c2cc(Cl)cc(Cl)c2n1. The molecule has 0 N–H and O–H groups in total. The largest absolute Gasteiger partial charge is 0.251 e. The normalized spacial score (nSPS) is 10.9. The van der Waals surface area contributed by atoms with Crippen LogP contribution in [0.2, 0.25) is 15.1 Å². The van der Waals surface area contributed by atoms with Gasteiger partial charge in [0.25, 0.3) is 0 Å². The number of benzene rings is 1. The molecule has 0 bridgehead atoms. The van der Waals surface area contributed by atoms with Crippen LogP contribution >= 0.6 is 34.8 Å².